The summed E-state index contributed by atoms with van der Waals surface area (Å²) in [7, 11) is 1.73. The van der Waals surface area contributed by atoms with E-state index in [1.54, 1.807) is 18.4 Å². The van der Waals surface area contributed by atoms with Gasteiger partial charge in [0.2, 0.25) is 0 Å². The molecule has 0 radical (unpaired) electrons. The van der Waals surface area contributed by atoms with Gasteiger partial charge in [-0.25, -0.2) is 0 Å². The minimum absolute atomic E-state index is 0.471. The van der Waals surface area contributed by atoms with Gasteiger partial charge in [0.05, 0.1) is 7.11 Å². The lowest BCUT2D eigenvalue weighted by Crippen LogP contribution is -2.26. The maximum Gasteiger partial charge on any atom is 0.129 e. The molecule has 1 heterocycles. The standard InChI is InChI=1S/C13H23NOS/c1-5-7-10(3)13(14-6-2)12-8-11(15-4)9-16-12/h8-10,13-14H,5-7H2,1-4H3. The largest absolute Gasteiger partial charge is 0.496 e. The first-order valence-electron chi connectivity index (χ1n) is 6.08. The number of nitrogens with one attached hydrogen (secondary N) is 1. The van der Waals surface area contributed by atoms with Gasteiger partial charge in [-0.3, -0.25) is 0 Å². The fourth-order valence-corrected chi connectivity index (χ4v) is 3.09. The molecule has 0 saturated carbocycles. The Hall–Kier alpha value is -0.540. The van der Waals surface area contributed by atoms with Crippen molar-refractivity contribution < 1.29 is 4.74 Å². The van der Waals surface area contributed by atoms with Crippen molar-refractivity contribution in [2.24, 2.45) is 5.92 Å². The number of methoxy groups -OCH3 is 1. The van der Waals surface area contributed by atoms with Gasteiger partial charge in [0.1, 0.15) is 5.75 Å². The zero-order chi connectivity index (χ0) is 12.0. The van der Waals surface area contributed by atoms with Crippen molar-refractivity contribution in [3.05, 3.63) is 16.3 Å². The molecule has 0 fully saturated rings. The molecule has 0 amide bonds. The smallest absolute Gasteiger partial charge is 0.129 e. The predicted octanol–water partition coefficient (Wildman–Crippen LogP) is 3.84. The van der Waals surface area contributed by atoms with E-state index in [-0.39, 0.29) is 0 Å². The number of thiophene rings is 1. The molecule has 1 aromatic rings. The Kier molecular flexibility index (Phi) is 5.85. The molecule has 0 bridgehead atoms. The van der Waals surface area contributed by atoms with Gasteiger partial charge in [0, 0.05) is 16.3 Å². The molecule has 0 spiro atoms. The number of ether oxygens (including phenoxy) is 1. The Morgan fingerprint density at radius 3 is 2.69 bits per heavy atom. The monoisotopic (exact) mass is 241 g/mol. The minimum Gasteiger partial charge on any atom is -0.496 e. The van der Waals surface area contributed by atoms with Crippen LogP contribution in [0.4, 0.5) is 0 Å². The highest BCUT2D eigenvalue weighted by Gasteiger charge is 2.19. The van der Waals surface area contributed by atoms with Crippen LogP contribution in [-0.2, 0) is 0 Å². The second kappa shape index (κ2) is 6.92. The highest BCUT2D eigenvalue weighted by atomic mass is 32.1. The van der Waals surface area contributed by atoms with E-state index in [2.05, 4.69) is 37.5 Å². The van der Waals surface area contributed by atoms with Crippen molar-refractivity contribution in [1.29, 1.82) is 0 Å². The molecule has 1 N–H and O–H groups in total. The summed E-state index contributed by atoms with van der Waals surface area (Å²) in [5, 5.41) is 5.66. The highest BCUT2D eigenvalue weighted by molar-refractivity contribution is 7.10. The Labute approximate surface area is 103 Å². The Morgan fingerprint density at radius 1 is 1.44 bits per heavy atom. The Bertz CT molecular complexity index is 298. The number of hydrogen-bond acceptors (Lipinski definition) is 3. The van der Waals surface area contributed by atoms with Crippen LogP contribution in [0, 0.1) is 5.92 Å². The third kappa shape index (κ3) is 3.49. The molecule has 3 heteroatoms. The molecule has 0 aliphatic rings. The molecule has 0 aromatic carbocycles. The van der Waals surface area contributed by atoms with Gasteiger partial charge < -0.3 is 10.1 Å². The lowest BCUT2D eigenvalue weighted by Gasteiger charge is -2.23. The molecule has 0 saturated heterocycles. The lowest BCUT2D eigenvalue weighted by atomic mass is 9.95. The zero-order valence-electron chi connectivity index (χ0n) is 10.7. The summed E-state index contributed by atoms with van der Waals surface area (Å²) in [4.78, 5) is 1.39. The Morgan fingerprint density at radius 2 is 2.19 bits per heavy atom. The molecule has 16 heavy (non-hydrogen) atoms. The molecule has 92 valence electrons. The van der Waals surface area contributed by atoms with Crippen molar-refractivity contribution in [2.75, 3.05) is 13.7 Å². The van der Waals surface area contributed by atoms with Gasteiger partial charge in [-0.05, 0) is 24.9 Å². The number of rotatable bonds is 7. The number of hydrogen-bond donors (Lipinski definition) is 1. The molecule has 1 aromatic heterocycles. The summed E-state index contributed by atoms with van der Waals surface area (Å²) >= 11 is 1.79. The van der Waals surface area contributed by atoms with E-state index in [1.807, 2.05) is 0 Å². The maximum atomic E-state index is 5.25. The van der Waals surface area contributed by atoms with Crippen LogP contribution < -0.4 is 10.1 Å². The lowest BCUT2D eigenvalue weighted by molar-refractivity contribution is 0.372. The normalized spacial score (nSPS) is 14.8. The van der Waals surface area contributed by atoms with Gasteiger partial charge in [-0.1, -0.05) is 27.2 Å². The van der Waals surface area contributed by atoms with E-state index in [1.165, 1.54) is 17.7 Å². The van der Waals surface area contributed by atoms with Crippen LogP contribution in [0.2, 0.25) is 0 Å². The van der Waals surface area contributed by atoms with Crippen LogP contribution in [0.1, 0.15) is 44.5 Å². The molecule has 2 atom stereocenters. The van der Waals surface area contributed by atoms with Gasteiger partial charge in [0.25, 0.3) is 0 Å². The van der Waals surface area contributed by atoms with Crippen molar-refractivity contribution in [3.8, 4) is 5.75 Å². The first kappa shape index (κ1) is 13.5. The molecule has 1 rings (SSSR count). The van der Waals surface area contributed by atoms with E-state index in [0.29, 0.717) is 12.0 Å². The molecule has 0 aliphatic heterocycles. The second-order valence-electron chi connectivity index (χ2n) is 4.19. The first-order valence-corrected chi connectivity index (χ1v) is 6.96. The summed E-state index contributed by atoms with van der Waals surface area (Å²) in [6.45, 7) is 7.74. The van der Waals surface area contributed by atoms with E-state index in [9.17, 15) is 0 Å². The van der Waals surface area contributed by atoms with Crippen molar-refractivity contribution in [1.82, 2.24) is 5.32 Å². The van der Waals surface area contributed by atoms with Crippen molar-refractivity contribution in [2.45, 2.75) is 39.7 Å². The van der Waals surface area contributed by atoms with Crippen LogP contribution in [0.25, 0.3) is 0 Å². The summed E-state index contributed by atoms with van der Waals surface area (Å²) in [6, 6.07) is 2.63. The van der Waals surface area contributed by atoms with Crippen molar-refractivity contribution >= 4 is 11.3 Å². The van der Waals surface area contributed by atoms with Crippen LogP contribution in [-0.4, -0.2) is 13.7 Å². The van der Waals surface area contributed by atoms with Crippen LogP contribution in [0.5, 0.6) is 5.75 Å². The SMILES string of the molecule is CCCC(C)C(NCC)c1cc(OC)cs1. The highest BCUT2D eigenvalue weighted by Crippen LogP contribution is 2.32. The van der Waals surface area contributed by atoms with Crippen LogP contribution >= 0.6 is 11.3 Å². The van der Waals surface area contributed by atoms with E-state index in [4.69, 9.17) is 4.74 Å². The third-order valence-corrected chi connectivity index (χ3v) is 3.87. The Balaban J connectivity index is 2.75. The third-order valence-electron chi connectivity index (χ3n) is 2.87. The van der Waals surface area contributed by atoms with E-state index < -0.39 is 0 Å². The molecule has 2 nitrogen and oxygen atoms in total. The predicted molar refractivity (Wildman–Crippen MR) is 71.4 cm³/mol. The second-order valence-corrected chi connectivity index (χ2v) is 5.13. The zero-order valence-corrected chi connectivity index (χ0v) is 11.6. The first-order chi connectivity index (χ1) is 7.72. The van der Waals surface area contributed by atoms with Crippen LogP contribution in [0.15, 0.2) is 11.4 Å². The summed E-state index contributed by atoms with van der Waals surface area (Å²) in [5.74, 6) is 1.65. The quantitative estimate of drug-likeness (QED) is 0.783. The maximum absolute atomic E-state index is 5.25. The molecular formula is C13H23NOS. The van der Waals surface area contributed by atoms with Gasteiger partial charge >= 0.3 is 0 Å². The van der Waals surface area contributed by atoms with Crippen LogP contribution in [0.3, 0.4) is 0 Å². The van der Waals surface area contributed by atoms with Gasteiger partial charge in [-0.2, -0.15) is 0 Å². The average molecular weight is 241 g/mol. The fraction of sp³-hybridized carbons (Fsp3) is 0.692. The summed E-state index contributed by atoms with van der Waals surface area (Å²) in [6.07, 6.45) is 2.50. The molecule has 0 aliphatic carbocycles. The summed E-state index contributed by atoms with van der Waals surface area (Å²) in [5.41, 5.74) is 0. The topological polar surface area (TPSA) is 21.3 Å². The minimum atomic E-state index is 0.471. The van der Waals surface area contributed by atoms with Gasteiger partial charge in [-0.15, -0.1) is 11.3 Å². The van der Waals surface area contributed by atoms with E-state index >= 15 is 0 Å². The summed E-state index contributed by atoms with van der Waals surface area (Å²) < 4.78 is 5.25. The average Bonchev–Trinajstić information content (AvgIpc) is 2.74. The van der Waals surface area contributed by atoms with E-state index in [0.717, 1.165) is 12.3 Å². The molecule has 2 unspecified atom stereocenters. The molecular weight excluding hydrogens is 218 g/mol. The fourth-order valence-electron chi connectivity index (χ4n) is 2.03. The van der Waals surface area contributed by atoms with Crippen molar-refractivity contribution in [3.63, 3.8) is 0 Å². The van der Waals surface area contributed by atoms with Gasteiger partial charge in [0.15, 0.2) is 0 Å².